The number of rotatable bonds is 6. The molecule has 2 N–H and O–H groups in total. The molecule has 4 aromatic rings. The molecule has 0 fully saturated rings. The summed E-state index contributed by atoms with van der Waals surface area (Å²) in [5, 5.41) is 14.0. The van der Waals surface area contributed by atoms with Gasteiger partial charge in [0.25, 0.3) is 5.91 Å². The number of aromatic amines is 1. The zero-order chi connectivity index (χ0) is 19.5. The second kappa shape index (κ2) is 7.39. The van der Waals surface area contributed by atoms with E-state index in [2.05, 4.69) is 25.6 Å². The molecule has 3 heterocycles. The number of hydrogen-bond acceptors (Lipinski definition) is 5. The van der Waals surface area contributed by atoms with Crippen molar-refractivity contribution in [2.24, 2.45) is 7.05 Å². The van der Waals surface area contributed by atoms with E-state index in [4.69, 9.17) is 4.74 Å². The Labute approximate surface area is 161 Å². The summed E-state index contributed by atoms with van der Waals surface area (Å²) >= 11 is 0. The Kier molecular flexibility index (Phi) is 4.63. The van der Waals surface area contributed by atoms with Gasteiger partial charge in [0.05, 0.1) is 25.4 Å². The van der Waals surface area contributed by atoms with E-state index in [9.17, 15) is 4.79 Å². The molecule has 0 saturated heterocycles. The molecule has 4 rings (SSSR count). The number of nitrogens with zero attached hydrogens (tertiary/aromatic N) is 5. The fourth-order valence-electron chi connectivity index (χ4n) is 2.80. The van der Waals surface area contributed by atoms with Gasteiger partial charge in [-0.05, 0) is 17.7 Å². The number of ether oxygens (including phenoxy) is 1. The number of carbonyl (C=O) groups excluding carboxylic acids is 1. The van der Waals surface area contributed by atoms with Crippen molar-refractivity contribution in [2.45, 2.75) is 6.54 Å². The monoisotopic (exact) mass is 377 g/mol. The minimum Gasteiger partial charge on any atom is -0.497 e. The quantitative estimate of drug-likeness (QED) is 0.537. The molecule has 9 heteroatoms. The van der Waals surface area contributed by atoms with Crippen molar-refractivity contribution in [1.29, 1.82) is 0 Å². The van der Waals surface area contributed by atoms with E-state index in [1.54, 1.807) is 30.3 Å². The molecule has 0 unspecified atom stereocenters. The van der Waals surface area contributed by atoms with Gasteiger partial charge in [-0.15, -0.1) is 0 Å². The van der Waals surface area contributed by atoms with Gasteiger partial charge in [-0.25, -0.2) is 4.98 Å². The summed E-state index contributed by atoms with van der Waals surface area (Å²) in [4.78, 5) is 16.7. The maximum atomic E-state index is 12.5. The smallest absolute Gasteiger partial charge is 0.260 e. The second-order valence-corrected chi connectivity index (χ2v) is 6.26. The van der Waals surface area contributed by atoms with Crippen molar-refractivity contribution >= 4 is 11.7 Å². The van der Waals surface area contributed by atoms with Crippen LogP contribution in [-0.2, 0) is 13.6 Å². The van der Waals surface area contributed by atoms with Crippen molar-refractivity contribution in [1.82, 2.24) is 29.5 Å². The largest absolute Gasteiger partial charge is 0.497 e. The van der Waals surface area contributed by atoms with Gasteiger partial charge in [0.1, 0.15) is 11.4 Å². The maximum Gasteiger partial charge on any atom is 0.260 e. The summed E-state index contributed by atoms with van der Waals surface area (Å²) < 4.78 is 8.73. The van der Waals surface area contributed by atoms with E-state index < -0.39 is 0 Å². The first-order valence-corrected chi connectivity index (χ1v) is 8.62. The Balaban J connectivity index is 1.41. The molecule has 1 amide bonds. The van der Waals surface area contributed by atoms with Crippen molar-refractivity contribution in [2.75, 3.05) is 12.4 Å². The van der Waals surface area contributed by atoms with E-state index in [0.29, 0.717) is 17.9 Å². The third-order valence-corrected chi connectivity index (χ3v) is 4.28. The molecule has 0 radical (unpaired) electrons. The lowest BCUT2D eigenvalue weighted by atomic mass is 10.2. The molecule has 0 saturated carbocycles. The molecule has 0 aliphatic heterocycles. The minimum absolute atomic E-state index is 0.279. The molecule has 0 bridgehead atoms. The van der Waals surface area contributed by atoms with Crippen LogP contribution in [0.4, 0.5) is 5.82 Å². The first-order chi connectivity index (χ1) is 13.6. The van der Waals surface area contributed by atoms with Gasteiger partial charge in [-0.2, -0.15) is 10.2 Å². The molecule has 0 aliphatic carbocycles. The van der Waals surface area contributed by atoms with Crippen LogP contribution in [-0.4, -0.2) is 42.5 Å². The zero-order valence-electron chi connectivity index (χ0n) is 15.5. The van der Waals surface area contributed by atoms with Crippen LogP contribution in [0.1, 0.15) is 15.9 Å². The Morgan fingerprint density at radius 2 is 2.11 bits per heavy atom. The second-order valence-electron chi connectivity index (χ2n) is 6.26. The number of nitrogens with one attached hydrogen (secondary N) is 2. The number of imidazole rings is 1. The summed E-state index contributed by atoms with van der Waals surface area (Å²) in [6, 6.07) is 9.45. The molecular weight excluding hydrogens is 358 g/mol. The van der Waals surface area contributed by atoms with Crippen LogP contribution < -0.4 is 10.1 Å². The Bertz CT molecular complexity index is 1090. The summed E-state index contributed by atoms with van der Waals surface area (Å²) in [5.41, 5.74) is 2.23. The van der Waals surface area contributed by atoms with Crippen LogP contribution in [0.2, 0.25) is 0 Å². The number of hydrogen-bond donors (Lipinski definition) is 2. The lowest BCUT2D eigenvalue weighted by Crippen LogP contribution is -2.11. The molecule has 0 spiro atoms. The van der Waals surface area contributed by atoms with Gasteiger partial charge < -0.3 is 14.6 Å². The van der Waals surface area contributed by atoms with Gasteiger partial charge in [0.2, 0.25) is 0 Å². The Hall–Kier alpha value is -3.88. The first-order valence-electron chi connectivity index (χ1n) is 8.62. The third-order valence-electron chi connectivity index (χ3n) is 4.28. The highest BCUT2D eigenvalue weighted by molar-refractivity contribution is 6.03. The SMILES string of the molecule is COc1ccc(Cn2cc(C(=O)Nc3cc(-c4nccn4C)[nH]n3)cn2)cc1. The van der Waals surface area contributed by atoms with Gasteiger partial charge in [-0.1, -0.05) is 12.1 Å². The number of amides is 1. The van der Waals surface area contributed by atoms with Crippen LogP contribution in [0.25, 0.3) is 11.5 Å². The fourth-order valence-corrected chi connectivity index (χ4v) is 2.80. The molecule has 3 aromatic heterocycles. The maximum absolute atomic E-state index is 12.5. The Morgan fingerprint density at radius 1 is 1.29 bits per heavy atom. The van der Waals surface area contributed by atoms with Crippen molar-refractivity contribution in [3.8, 4) is 17.3 Å². The Morgan fingerprint density at radius 3 is 2.82 bits per heavy atom. The summed E-state index contributed by atoms with van der Waals surface area (Å²) in [6.45, 7) is 0.559. The van der Waals surface area contributed by atoms with E-state index >= 15 is 0 Å². The highest BCUT2D eigenvalue weighted by atomic mass is 16.5. The number of H-pyrrole nitrogens is 1. The molecule has 0 aliphatic rings. The highest BCUT2D eigenvalue weighted by Gasteiger charge is 2.13. The molecule has 28 heavy (non-hydrogen) atoms. The topological polar surface area (TPSA) is 103 Å². The van der Waals surface area contributed by atoms with Crippen molar-refractivity contribution in [3.05, 3.63) is 66.2 Å². The zero-order valence-corrected chi connectivity index (χ0v) is 15.5. The number of methoxy groups -OCH3 is 1. The number of benzene rings is 1. The third kappa shape index (κ3) is 3.63. The van der Waals surface area contributed by atoms with Crippen molar-refractivity contribution in [3.63, 3.8) is 0 Å². The molecule has 0 atom stereocenters. The van der Waals surface area contributed by atoms with Gasteiger partial charge in [0, 0.05) is 31.7 Å². The van der Waals surface area contributed by atoms with E-state index in [1.165, 1.54) is 6.20 Å². The molecule has 9 nitrogen and oxygen atoms in total. The minimum atomic E-state index is -0.279. The van der Waals surface area contributed by atoms with Crippen LogP contribution in [0.15, 0.2) is 55.1 Å². The van der Waals surface area contributed by atoms with Gasteiger partial charge >= 0.3 is 0 Å². The first kappa shape index (κ1) is 17.5. The predicted octanol–water partition coefficient (Wildman–Crippen LogP) is 2.32. The number of anilines is 1. The van der Waals surface area contributed by atoms with E-state index in [-0.39, 0.29) is 5.91 Å². The highest BCUT2D eigenvalue weighted by Crippen LogP contribution is 2.18. The van der Waals surface area contributed by atoms with Crippen LogP contribution >= 0.6 is 0 Å². The fraction of sp³-hybridized carbons (Fsp3) is 0.158. The van der Waals surface area contributed by atoms with Crippen LogP contribution in [0, 0.1) is 0 Å². The number of aryl methyl sites for hydroxylation is 1. The van der Waals surface area contributed by atoms with Gasteiger partial charge in [0.15, 0.2) is 11.6 Å². The normalized spacial score (nSPS) is 10.8. The number of carbonyl (C=O) groups is 1. The van der Waals surface area contributed by atoms with Crippen molar-refractivity contribution < 1.29 is 9.53 Å². The summed E-state index contributed by atoms with van der Waals surface area (Å²) in [7, 11) is 3.52. The molecular formula is C19H19N7O2. The summed E-state index contributed by atoms with van der Waals surface area (Å²) in [5.74, 6) is 1.68. The standard InChI is InChI=1S/C19H19N7O2/c1-25-8-7-20-18(25)16-9-17(24-23-16)22-19(27)14-10-21-26(12-14)11-13-3-5-15(28-2)6-4-13/h3-10,12H,11H2,1-2H3,(H2,22,23,24,27). The molecule has 142 valence electrons. The van der Waals surface area contributed by atoms with Crippen LogP contribution in [0.3, 0.4) is 0 Å². The van der Waals surface area contributed by atoms with E-state index in [1.807, 2.05) is 42.1 Å². The summed E-state index contributed by atoms with van der Waals surface area (Å²) in [6.07, 6.45) is 6.77. The lowest BCUT2D eigenvalue weighted by molar-refractivity contribution is 0.102. The number of aromatic nitrogens is 6. The van der Waals surface area contributed by atoms with Gasteiger partial charge in [-0.3, -0.25) is 14.6 Å². The predicted molar refractivity (Wildman–Crippen MR) is 103 cm³/mol. The lowest BCUT2D eigenvalue weighted by Gasteiger charge is -2.03. The van der Waals surface area contributed by atoms with Crippen LogP contribution in [0.5, 0.6) is 5.75 Å². The average molecular weight is 377 g/mol. The average Bonchev–Trinajstić information content (AvgIpc) is 3.43. The van der Waals surface area contributed by atoms with E-state index in [0.717, 1.165) is 22.8 Å². The molecule has 1 aromatic carbocycles.